The van der Waals surface area contributed by atoms with Crippen LogP contribution >= 0.6 is 11.6 Å². The Morgan fingerprint density at radius 2 is 1.85 bits per heavy atom. The van der Waals surface area contributed by atoms with Gasteiger partial charge in [0.1, 0.15) is 11.6 Å². The van der Waals surface area contributed by atoms with E-state index in [1.165, 1.54) is 13.2 Å². The molecule has 1 aliphatic heterocycles. The first-order chi connectivity index (χ1) is 16.0. The summed E-state index contributed by atoms with van der Waals surface area (Å²) in [4.78, 5) is 4.26. The Morgan fingerprint density at radius 3 is 2.45 bits per heavy atom. The number of hydrogen-bond acceptors (Lipinski definition) is 5. The Balaban J connectivity index is 1.67. The summed E-state index contributed by atoms with van der Waals surface area (Å²) in [7, 11) is 1.52. The van der Waals surface area contributed by atoms with Gasteiger partial charge >= 0.3 is 0 Å². The zero-order valence-electron chi connectivity index (χ0n) is 18.3. The molecule has 1 heterocycles. The fourth-order valence-electron chi connectivity index (χ4n) is 4.40. The maximum Gasteiger partial charge on any atom is 0.150 e. The minimum atomic E-state index is -0.340. The normalized spacial score (nSPS) is 17.4. The average Bonchev–Trinajstić information content (AvgIpc) is 2.85. The average molecular weight is 466 g/mol. The third kappa shape index (κ3) is 4.96. The number of nitriles is 1. The van der Waals surface area contributed by atoms with Crippen molar-refractivity contribution in [2.75, 3.05) is 38.3 Å². The van der Waals surface area contributed by atoms with Crippen LogP contribution in [0, 0.1) is 17.1 Å². The second kappa shape index (κ2) is 10.2. The summed E-state index contributed by atoms with van der Waals surface area (Å²) in [5, 5.41) is 19.9. The van der Waals surface area contributed by atoms with E-state index < -0.39 is 0 Å². The van der Waals surface area contributed by atoms with Crippen LogP contribution in [0.2, 0.25) is 5.02 Å². The van der Waals surface area contributed by atoms with Crippen LogP contribution in [0.1, 0.15) is 28.8 Å². The number of anilines is 1. The van der Waals surface area contributed by atoms with Crippen molar-refractivity contribution in [2.24, 2.45) is 0 Å². The summed E-state index contributed by atoms with van der Waals surface area (Å²) in [6, 6.07) is 21.5. The number of hydrogen-bond donors (Lipinski definition) is 1. The van der Waals surface area contributed by atoms with Crippen molar-refractivity contribution in [1.29, 1.82) is 5.26 Å². The van der Waals surface area contributed by atoms with Crippen LogP contribution < -0.4 is 9.64 Å². The van der Waals surface area contributed by atoms with Gasteiger partial charge in [-0.15, -0.1) is 0 Å². The highest BCUT2D eigenvalue weighted by atomic mass is 35.5. The van der Waals surface area contributed by atoms with Gasteiger partial charge < -0.3 is 14.7 Å². The number of piperazine rings is 1. The minimum Gasteiger partial charge on any atom is -0.497 e. The molecule has 1 aliphatic rings. The number of aliphatic hydroxyl groups is 1. The lowest BCUT2D eigenvalue weighted by Gasteiger charge is -2.45. The van der Waals surface area contributed by atoms with E-state index in [4.69, 9.17) is 21.6 Å². The van der Waals surface area contributed by atoms with Crippen molar-refractivity contribution in [3.63, 3.8) is 0 Å². The predicted octanol–water partition coefficient (Wildman–Crippen LogP) is 4.96. The summed E-state index contributed by atoms with van der Waals surface area (Å²) < 4.78 is 20.2. The fourth-order valence-corrected chi connectivity index (χ4v) is 4.53. The third-order valence-electron chi connectivity index (χ3n) is 6.17. The van der Waals surface area contributed by atoms with Gasteiger partial charge in [0.15, 0.2) is 0 Å². The molecule has 0 unspecified atom stereocenters. The molecule has 0 bridgehead atoms. The van der Waals surface area contributed by atoms with Crippen LogP contribution in [0.5, 0.6) is 5.75 Å². The van der Waals surface area contributed by atoms with Gasteiger partial charge in [0.2, 0.25) is 0 Å². The molecule has 0 radical (unpaired) electrons. The highest BCUT2D eigenvalue weighted by Crippen LogP contribution is 2.36. The van der Waals surface area contributed by atoms with Gasteiger partial charge in [-0.3, -0.25) is 4.90 Å². The summed E-state index contributed by atoms with van der Waals surface area (Å²) in [5.41, 5.74) is 3.04. The van der Waals surface area contributed by atoms with Crippen LogP contribution in [0.4, 0.5) is 10.1 Å². The van der Waals surface area contributed by atoms with Gasteiger partial charge in [0.25, 0.3) is 0 Å². The third-order valence-corrected chi connectivity index (χ3v) is 6.42. The number of methoxy groups -OCH3 is 1. The Morgan fingerprint density at radius 1 is 1.12 bits per heavy atom. The second-order valence-corrected chi connectivity index (χ2v) is 8.44. The molecule has 1 N–H and O–H groups in total. The first-order valence-corrected chi connectivity index (χ1v) is 11.1. The molecule has 170 valence electrons. The molecule has 3 aromatic rings. The Labute approximate surface area is 198 Å². The number of nitrogens with zero attached hydrogens (tertiary/aromatic N) is 3. The van der Waals surface area contributed by atoms with Gasteiger partial charge in [-0.25, -0.2) is 4.39 Å². The van der Waals surface area contributed by atoms with Gasteiger partial charge in [-0.05, 0) is 47.5 Å². The molecule has 2 atom stereocenters. The quantitative estimate of drug-likeness (QED) is 0.557. The number of benzene rings is 3. The smallest absolute Gasteiger partial charge is 0.150 e. The van der Waals surface area contributed by atoms with E-state index in [0.29, 0.717) is 41.7 Å². The number of ether oxygens (including phenoxy) is 1. The monoisotopic (exact) mass is 465 g/mol. The predicted molar refractivity (Wildman–Crippen MR) is 127 cm³/mol. The Kier molecular flexibility index (Phi) is 7.14. The molecule has 0 aliphatic carbocycles. The first kappa shape index (κ1) is 23.1. The molecule has 1 saturated heterocycles. The highest BCUT2D eigenvalue weighted by Gasteiger charge is 2.33. The number of rotatable bonds is 6. The van der Waals surface area contributed by atoms with Gasteiger partial charge in [0.05, 0.1) is 43.1 Å². The molecule has 0 amide bonds. The van der Waals surface area contributed by atoms with Crippen molar-refractivity contribution >= 4 is 17.3 Å². The maximum atomic E-state index is 15.0. The molecule has 4 rings (SSSR count). The second-order valence-electron chi connectivity index (χ2n) is 8.01. The van der Waals surface area contributed by atoms with Crippen LogP contribution in [0.15, 0.2) is 66.7 Å². The van der Waals surface area contributed by atoms with E-state index in [2.05, 4.69) is 15.9 Å². The van der Waals surface area contributed by atoms with Crippen molar-refractivity contribution < 1.29 is 14.2 Å². The minimum absolute atomic E-state index is 0.0594. The van der Waals surface area contributed by atoms with Crippen LogP contribution in [0.3, 0.4) is 0 Å². The Hall–Kier alpha value is -3.11. The summed E-state index contributed by atoms with van der Waals surface area (Å²) in [6.07, 6.45) is 0. The van der Waals surface area contributed by atoms with E-state index in [-0.39, 0.29) is 24.5 Å². The zero-order valence-corrected chi connectivity index (χ0v) is 19.0. The molecule has 0 spiro atoms. The maximum absolute atomic E-state index is 15.0. The van der Waals surface area contributed by atoms with Gasteiger partial charge in [0, 0.05) is 30.7 Å². The van der Waals surface area contributed by atoms with Crippen molar-refractivity contribution in [2.45, 2.75) is 12.1 Å². The molecule has 0 aromatic heterocycles. The zero-order chi connectivity index (χ0) is 23.4. The fraction of sp³-hybridized carbons (Fsp3) is 0.269. The molecular formula is C26H25ClFN3O2. The lowest BCUT2D eigenvalue weighted by atomic mass is 9.97. The summed E-state index contributed by atoms with van der Waals surface area (Å²) in [5.74, 6) is 0.131. The van der Waals surface area contributed by atoms with Crippen LogP contribution in [-0.4, -0.2) is 43.4 Å². The molecule has 5 nitrogen and oxygen atoms in total. The highest BCUT2D eigenvalue weighted by molar-refractivity contribution is 6.30. The van der Waals surface area contributed by atoms with E-state index in [1.807, 2.05) is 36.4 Å². The van der Waals surface area contributed by atoms with E-state index in [9.17, 15) is 5.11 Å². The van der Waals surface area contributed by atoms with Gasteiger partial charge in [-0.1, -0.05) is 35.9 Å². The molecular weight excluding hydrogens is 441 g/mol. The molecule has 3 aromatic carbocycles. The van der Waals surface area contributed by atoms with Crippen LogP contribution in [0.25, 0.3) is 0 Å². The Bertz CT molecular complexity index is 1130. The largest absolute Gasteiger partial charge is 0.497 e. The van der Waals surface area contributed by atoms with Crippen molar-refractivity contribution in [3.8, 4) is 11.8 Å². The first-order valence-electron chi connectivity index (χ1n) is 10.7. The standard InChI is InChI=1S/C26H25ClFN3O2/c1-33-22-10-11-24(23(28)14-22)31-13-12-30(16-25(31)19-6-8-21(27)9-7-19)26(17-32)20-4-2-18(15-29)3-5-20/h2-11,14,25-26,32H,12-13,16-17H2,1H3/t25-,26+/m0/s1. The molecule has 1 fully saturated rings. The van der Waals surface area contributed by atoms with E-state index >= 15 is 4.39 Å². The van der Waals surface area contributed by atoms with E-state index in [0.717, 1.165) is 11.1 Å². The molecule has 0 saturated carbocycles. The summed E-state index contributed by atoms with van der Waals surface area (Å²) in [6.45, 7) is 1.73. The summed E-state index contributed by atoms with van der Waals surface area (Å²) >= 11 is 6.12. The molecule has 33 heavy (non-hydrogen) atoms. The van der Waals surface area contributed by atoms with Gasteiger partial charge in [-0.2, -0.15) is 5.26 Å². The van der Waals surface area contributed by atoms with Crippen LogP contribution in [-0.2, 0) is 0 Å². The lowest BCUT2D eigenvalue weighted by Crippen LogP contribution is -2.50. The molecule has 7 heteroatoms. The van der Waals surface area contributed by atoms with Crippen molar-refractivity contribution in [3.05, 3.63) is 94.3 Å². The SMILES string of the molecule is COc1ccc(N2CCN([C@H](CO)c3ccc(C#N)cc3)C[C@H]2c2ccc(Cl)cc2)c(F)c1. The van der Waals surface area contributed by atoms with E-state index in [1.54, 1.807) is 24.3 Å². The topological polar surface area (TPSA) is 59.7 Å². The lowest BCUT2D eigenvalue weighted by molar-refractivity contribution is 0.103. The van der Waals surface area contributed by atoms with Crippen molar-refractivity contribution in [1.82, 2.24) is 4.90 Å². The number of halogens is 2. The number of aliphatic hydroxyl groups excluding tert-OH is 1.